The van der Waals surface area contributed by atoms with Gasteiger partial charge in [0.05, 0.1) is 5.69 Å². The van der Waals surface area contributed by atoms with Gasteiger partial charge in [0.2, 0.25) is 0 Å². The molecule has 1 saturated heterocycles. The molecule has 19 heavy (non-hydrogen) atoms. The largest absolute Gasteiger partial charge is 0.366 e. The van der Waals surface area contributed by atoms with Crippen LogP contribution in [0.15, 0.2) is 18.2 Å². The highest BCUT2D eigenvalue weighted by Crippen LogP contribution is 2.38. The number of fused-ring (bicyclic) bond motifs is 1. The molecule has 1 aliphatic carbocycles. The zero-order valence-corrected chi connectivity index (χ0v) is 12.8. The first-order chi connectivity index (χ1) is 9.29. The molecule has 0 amide bonds. The van der Waals surface area contributed by atoms with E-state index in [-0.39, 0.29) is 5.82 Å². The van der Waals surface area contributed by atoms with Crippen molar-refractivity contribution in [3.63, 3.8) is 0 Å². The number of hydrogen-bond acceptors (Lipinski definition) is 1. The SMILES string of the molecule is Fc1cc(CBr)ccc1N1CCCC2CCCCC21. The second-order valence-corrected chi connectivity index (χ2v) is 6.43. The molecule has 3 heteroatoms. The fraction of sp³-hybridized carbons (Fsp3) is 0.625. The number of benzene rings is 1. The lowest BCUT2D eigenvalue weighted by Gasteiger charge is -2.45. The molecule has 0 aromatic heterocycles. The van der Waals surface area contributed by atoms with Crippen LogP contribution in [-0.2, 0) is 5.33 Å². The number of hydrogen-bond donors (Lipinski definition) is 0. The van der Waals surface area contributed by atoms with E-state index in [1.54, 1.807) is 6.07 Å². The Kier molecular flexibility index (Phi) is 4.11. The highest BCUT2D eigenvalue weighted by Gasteiger charge is 2.34. The predicted octanol–water partition coefficient (Wildman–Crippen LogP) is 4.88. The molecular weight excluding hydrogens is 305 g/mol. The number of rotatable bonds is 2. The van der Waals surface area contributed by atoms with Crippen LogP contribution >= 0.6 is 15.9 Å². The molecule has 0 N–H and O–H groups in total. The van der Waals surface area contributed by atoms with Gasteiger partial charge in [0, 0.05) is 17.9 Å². The molecule has 0 spiro atoms. The molecular formula is C16H21BrFN. The third-order valence-electron chi connectivity index (χ3n) is 4.72. The van der Waals surface area contributed by atoms with Crippen molar-refractivity contribution >= 4 is 21.6 Å². The summed E-state index contributed by atoms with van der Waals surface area (Å²) in [5, 5.41) is 0.719. The maximum atomic E-state index is 14.3. The van der Waals surface area contributed by atoms with Gasteiger partial charge in [-0.05, 0) is 49.3 Å². The van der Waals surface area contributed by atoms with E-state index >= 15 is 0 Å². The zero-order valence-electron chi connectivity index (χ0n) is 11.2. The van der Waals surface area contributed by atoms with Crippen LogP contribution in [0.1, 0.15) is 44.1 Å². The minimum Gasteiger partial charge on any atom is -0.366 e. The van der Waals surface area contributed by atoms with Crippen molar-refractivity contribution in [3.05, 3.63) is 29.6 Å². The third kappa shape index (κ3) is 2.67. The zero-order chi connectivity index (χ0) is 13.2. The van der Waals surface area contributed by atoms with Gasteiger partial charge in [0.25, 0.3) is 0 Å². The molecule has 2 aliphatic rings. The summed E-state index contributed by atoms with van der Waals surface area (Å²) in [7, 11) is 0. The van der Waals surface area contributed by atoms with Crippen molar-refractivity contribution in [1.29, 1.82) is 0 Å². The van der Waals surface area contributed by atoms with Crippen molar-refractivity contribution in [2.75, 3.05) is 11.4 Å². The summed E-state index contributed by atoms with van der Waals surface area (Å²) in [6.45, 7) is 1.02. The lowest BCUT2D eigenvalue weighted by Crippen LogP contribution is -2.47. The number of piperidine rings is 1. The number of nitrogens with zero attached hydrogens (tertiary/aromatic N) is 1. The van der Waals surface area contributed by atoms with Crippen molar-refractivity contribution < 1.29 is 4.39 Å². The minimum atomic E-state index is -0.0526. The summed E-state index contributed by atoms with van der Waals surface area (Å²) in [6, 6.07) is 6.27. The molecule has 0 radical (unpaired) electrons. The van der Waals surface area contributed by atoms with E-state index in [0.29, 0.717) is 6.04 Å². The standard InChI is InChI=1S/C16H21BrFN/c17-11-12-7-8-16(14(18)10-12)19-9-3-5-13-4-1-2-6-15(13)19/h7-8,10,13,15H,1-6,9,11H2. The number of anilines is 1. The van der Waals surface area contributed by atoms with E-state index in [9.17, 15) is 4.39 Å². The molecule has 1 saturated carbocycles. The Morgan fingerprint density at radius 2 is 1.95 bits per heavy atom. The smallest absolute Gasteiger partial charge is 0.146 e. The lowest BCUT2D eigenvalue weighted by molar-refractivity contribution is 0.242. The van der Waals surface area contributed by atoms with E-state index in [1.165, 1.54) is 38.5 Å². The van der Waals surface area contributed by atoms with Gasteiger partial charge in [-0.3, -0.25) is 0 Å². The van der Waals surface area contributed by atoms with Crippen LogP contribution in [0.25, 0.3) is 0 Å². The average molecular weight is 326 g/mol. The highest BCUT2D eigenvalue weighted by molar-refractivity contribution is 9.08. The maximum Gasteiger partial charge on any atom is 0.146 e. The molecule has 1 nitrogen and oxygen atoms in total. The number of alkyl halides is 1. The van der Waals surface area contributed by atoms with Crippen LogP contribution in [0.4, 0.5) is 10.1 Å². The summed E-state index contributed by atoms with van der Waals surface area (Å²) in [5.74, 6) is 0.737. The summed E-state index contributed by atoms with van der Waals surface area (Å²) >= 11 is 3.39. The fourth-order valence-electron chi connectivity index (χ4n) is 3.79. The van der Waals surface area contributed by atoms with Crippen LogP contribution in [0.3, 0.4) is 0 Å². The molecule has 0 bridgehead atoms. The predicted molar refractivity (Wildman–Crippen MR) is 81.4 cm³/mol. The second kappa shape index (κ2) is 5.82. The Morgan fingerprint density at radius 3 is 2.74 bits per heavy atom. The monoisotopic (exact) mass is 325 g/mol. The number of halogens is 2. The van der Waals surface area contributed by atoms with Crippen molar-refractivity contribution in [2.45, 2.75) is 49.9 Å². The van der Waals surface area contributed by atoms with Crippen molar-refractivity contribution in [2.24, 2.45) is 5.92 Å². The first-order valence-corrected chi connectivity index (χ1v) is 8.53. The molecule has 2 fully saturated rings. The van der Waals surface area contributed by atoms with Gasteiger partial charge in [-0.15, -0.1) is 0 Å². The second-order valence-electron chi connectivity index (χ2n) is 5.87. The minimum absolute atomic E-state index is 0.0526. The first kappa shape index (κ1) is 13.4. The van der Waals surface area contributed by atoms with Gasteiger partial charge in [-0.1, -0.05) is 34.8 Å². The lowest BCUT2D eigenvalue weighted by atomic mass is 9.78. The van der Waals surface area contributed by atoms with Crippen molar-refractivity contribution in [3.8, 4) is 0 Å². The Morgan fingerprint density at radius 1 is 1.16 bits per heavy atom. The molecule has 1 aromatic rings. The molecule has 2 unspecified atom stereocenters. The fourth-order valence-corrected chi connectivity index (χ4v) is 4.14. The van der Waals surface area contributed by atoms with Gasteiger partial charge < -0.3 is 4.90 Å². The normalized spacial score (nSPS) is 27.2. The quantitative estimate of drug-likeness (QED) is 0.700. The van der Waals surface area contributed by atoms with Gasteiger partial charge in [0.15, 0.2) is 0 Å². The van der Waals surface area contributed by atoms with Crippen LogP contribution in [-0.4, -0.2) is 12.6 Å². The Hall–Kier alpha value is -0.570. The summed E-state index contributed by atoms with van der Waals surface area (Å²) in [4.78, 5) is 2.35. The molecule has 3 rings (SSSR count). The molecule has 1 heterocycles. The van der Waals surface area contributed by atoms with E-state index < -0.39 is 0 Å². The van der Waals surface area contributed by atoms with Gasteiger partial charge >= 0.3 is 0 Å². The van der Waals surface area contributed by atoms with E-state index in [1.807, 2.05) is 12.1 Å². The summed E-state index contributed by atoms with van der Waals surface area (Å²) in [5.41, 5.74) is 1.83. The van der Waals surface area contributed by atoms with Crippen LogP contribution in [0, 0.1) is 11.7 Å². The topological polar surface area (TPSA) is 3.24 Å². The van der Waals surface area contributed by atoms with Gasteiger partial charge in [-0.2, -0.15) is 0 Å². The molecule has 104 valence electrons. The Bertz CT molecular complexity index is 446. The highest BCUT2D eigenvalue weighted by atomic mass is 79.9. The van der Waals surface area contributed by atoms with E-state index in [2.05, 4.69) is 20.8 Å². The molecule has 1 aromatic carbocycles. The van der Waals surface area contributed by atoms with Crippen LogP contribution < -0.4 is 4.90 Å². The Balaban J connectivity index is 1.87. The van der Waals surface area contributed by atoms with Crippen LogP contribution in [0.2, 0.25) is 0 Å². The summed E-state index contributed by atoms with van der Waals surface area (Å²) in [6.07, 6.45) is 7.79. The molecule has 2 atom stereocenters. The Labute approximate surface area is 123 Å². The van der Waals surface area contributed by atoms with Crippen molar-refractivity contribution in [1.82, 2.24) is 0 Å². The van der Waals surface area contributed by atoms with E-state index in [0.717, 1.165) is 29.0 Å². The third-order valence-corrected chi connectivity index (χ3v) is 5.37. The average Bonchev–Trinajstić information content (AvgIpc) is 2.46. The molecule has 1 aliphatic heterocycles. The van der Waals surface area contributed by atoms with Gasteiger partial charge in [0.1, 0.15) is 5.82 Å². The van der Waals surface area contributed by atoms with E-state index in [4.69, 9.17) is 0 Å². The van der Waals surface area contributed by atoms with Gasteiger partial charge in [-0.25, -0.2) is 4.39 Å². The first-order valence-electron chi connectivity index (χ1n) is 7.40. The summed E-state index contributed by atoms with van der Waals surface area (Å²) < 4.78 is 14.3. The maximum absolute atomic E-state index is 14.3. The van der Waals surface area contributed by atoms with Crippen LogP contribution in [0.5, 0.6) is 0 Å².